The number of hydrogen-bond donors (Lipinski definition) is 0. The van der Waals surface area contributed by atoms with Gasteiger partial charge in [0.05, 0.1) is 30.8 Å². The highest BCUT2D eigenvalue weighted by Crippen LogP contribution is 2.35. The van der Waals surface area contributed by atoms with E-state index in [2.05, 4.69) is 6.07 Å². The SMILES string of the molecule is CCOC(=O)C1CCN(CC(=O)N2N=C(c3ccc(C)cc3C)C[C@H]2c2ccccc2F)CC1. The Bertz CT molecular complexity index is 1090. The minimum atomic E-state index is -0.485. The summed E-state index contributed by atoms with van der Waals surface area (Å²) in [6, 6.07) is 12.3. The summed E-state index contributed by atoms with van der Waals surface area (Å²) in [4.78, 5) is 27.5. The molecule has 0 unspecified atom stereocenters. The van der Waals surface area contributed by atoms with Crippen LogP contribution in [0.5, 0.6) is 0 Å². The van der Waals surface area contributed by atoms with E-state index in [0.29, 0.717) is 44.5 Å². The molecular weight excluding hydrogens is 433 g/mol. The lowest BCUT2D eigenvalue weighted by molar-refractivity contribution is -0.149. The molecule has 1 amide bonds. The molecule has 2 aromatic rings. The fraction of sp³-hybridized carbons (Fsp3) is 0.444. The van der Waals surface area contributed by atoms with Crippen LogP contribution in [0.25, 0.3) is 0 Å². The zero-order chi connectivity index (χ0) is 24.2. The normalized spacial score (nSPS) is 19.2. The van der Waals surface area contributed by atoms with E-state index < -0.39 is 6.04 Å². The van der Waals surface area contributed by atoms with Crippen molar-refractivity contribution in [1.82, 2.24) is 9.91 Å². The van der Waals surface area contributed by atoms with Crippen LogP contribution in [-0.2, 0) is 14.3 Å². The molecule has 1 saturated heterocycles. The molecule has 0 saturated carbocycles. The summed E-state index contributed by atoms with van der Waals surface area (Å²) >= 11 is 0. The minimum Gasteiger partial charge on any atom is -0.466 e. The van der Waals surface area contributed by atoms with E-state index in [-0.39, 0.29) is 30.2 Å². The van der Waals surface area contributed by atoms with Crippen molar-refractivity contribution in [2.24, 2.45) is 11.0 Å². The highest BCUT2D eigenvalue weighted by atomic mass is 19.1. The van der Waals surface area contributed by atoms with E-state index in [9.17, 15) is 14.0 Å². The van der Waals surface area contributed by atoms with E-state index in [0.717, 1.165) is 22.4 Å². The van der Waals surface area contributed by atoms with Crippen molar-refractivity contribution in [2.75, 3.05) is 26.2 Å². The second-order valence-corrected chi connectivity index (χ2v) is 9.15. The smallest absolute Gasteiger partial charge is 0.309 e. The monoisotopic (exact) mass is 465 g/mol. The maximum Gasteiger partial charge on any atom is 0.309 e. The molecule has 2 aliphatic heterocycles. The van der Waals surface area contributed by atoms with Crippen LogP contribution < -0.4 is 0 Å². The Morgan fingerprint density at radius 3 is 2.53 bits per heavy atom. The Morgan fingerprint density at radius 2 is 1.85 bits per heavy atom. The van der Waals surface area contributed by atoms with Crippen molar-refractivity contribution in [2.45, 2.75) is 46.1 Å². The van der Waals surface area contributed by atoms with E-state index in [1.54, 1.807) is 25.1 Å². The summed E-state index contributed by atoms with van der Waals surface area (Å²) < 4.78 is 19.9. The molecule has 2 aliphatic rings. The average molecular weight is 466 g/mol. The summed E-state index contributed by atoms with van der Waals surface area (Å²) in [5, 5.41) is 6.18. The molecule has 0 N–H and O–H groups in total. The molecule has 1 atom stereocenters. The zero-order valence-corrected chi connectivity index (χ0v) is 20.1. The third-order valence-electron chi connectivity index (χ3n) is 6.69. The van der Waals surface area contributed by atoms with Gasteiger partial charge >= 0.3 is 5.97 Å². The first-order chi connectivity index (χ1) is 16.4. The van der Waals surface area contributed by atoms with Gasteiger partial charge in [-0.05, 0) is 58.3 Å². The molecule has 2 aromatic carbocycles. The maximum absolute atomic E-state index is 14.7. The molecular formula is C27H32FN3O3. The first kappa shape index (κ1) is 24.1. The maximum atomic E-state index is 14.7. The Labute approximate surface area is 200 Å². The van der Waals surface area contributed by atoms with Crippen LogP contribution in [0.15, 0.2) is 47.6 Å². The highest BCUT2D eigenvalue weighted by molar-refractivity contribution is 6.04. The van der Waals surface area contributed by atoms with Crippen LogP contribution in [0, 0.1) is 25.6 Å². The van der Waals surface area contributed by atoms with Gasteiger partial charge in [0.25, 0.3) is 5.91 Å². The van der Waals surface area contributed by atoms with E-state index in [1.807, 2.05) is 30.9 Å². The number of nitrogens with zero attached hydrogens (tertiary/aromatic N) is 3. The van der Waals surface area contributed by atoms with Gasteiger partial charge in [-0.2, -0.15) is 5.10 Å². The number of esters is 1. The number of aryl methyl sites for hydroxylation is 2. The topological polar surface area (TPSA) is 62.2 Å². The van der Waals surface area contributed by atoms with Gasteiger partial charge in [0, 0.05) is 17.5 Å². The van der Waals surface area contributed by atoms with Gasteiger partial charge in [-0.25, -0.2) is 9.40 Å². The average Bonchev–Trinajstić information content (AvgIpc) is 3.25. The molecule has 6 nitrogen and oxygen atoms in total. The molecule has 34 heavy (non-hydrogen) atoms. The highest BCUT2D eigenvalue weighted by Gasteiger charge is 2.36. The lowest BCUT2D eigenvalue weighted by Gasteiger charge is -2.32. The van der Waals surface area contributed by atoms with Gasteiger partial charge in [0.15, 0.2) is 0 Å². The van der Waals surface area contributed by atoms with Crippen molar-refractivity contribution >= 4 is 17.6 Å². The molecule has 4 rings (SSSR count). The second-order valence-electron chi connectivity index (χ2n) is 9.15. The number of carbonyl (C=O) groups excluding carboxylic acids is 2. The van der Waals surface area contributed by atoms with E-state index >= 15 is 0 Å². The number of ether oxygens (including phenoxy) is 1. The van der Waals surface area contributed by atoms with E-state index in [1.165, 1.54) is 11.1 Å². The third-order valence-corrected chi connectivity index (χ3v) is 6.69. The molecule has 0 radical (unpaired) electrons. The standard InChI is InChI=1S/C27H32FN3O3/c1-4-34-27(33)20-11-13-30(14-12-20)17-26(32)31-25(22-7-5-6-8-23(22)28)16-24(29-31)21-10-9-18(2)15-19(21)3/h5-10,15,20,25H,4,11-14,16-17H2,1-3H3/t25-/m0/s1. The molecule has 0 aliphatic carbocycles. The van der Waals surface area contributed by atoms with Crippen LogP contribution in [0.4, 0.5) is 4.39 Å². The number of hydrogen-bond acceptors (Lipinski definition) is 5. The summed E-state index contributed by atoms with van der Waals surface area (Å²) in [5.41, 5.74) is 4.49. The predicted molar refractivity (Wildman–Crippen MR) is 129 cm³/mol. The Morgan fingerprint density at radius 1 is 1.12 bits per heavy atom. The fourth-order valence-corrected chi connectivity index (χ4v) is 4.88. The summed E-state index contributed by atoms with van der Waals surface area (Å²) in [6.07, 6.45) is 1.79. The molecule has 180 valence electrons. The van der Waals surface area contributed by atoms with Gasteiger partial charge in [-0.1, -0.05) is 42.0 Å². The fourth-order valence-electron chi connectivity index (χ4n) is 4.88. The van der Waals surface area contributed by atoms with Gasteiger partial charge < -0.3 is 4.74 Å². The summed E-state index contributed by atoms with van der Waals surface area (Å²) in [5.74, 6) is -0.769. The number of amides is 1. The van der Waals surface area contributed by atoms with Crippen LogP contribution >= 0.6 is 0 Å². The van der Waals surface area contributed by atoms with Crippen LogP contribution in [0.2, 0.25) is 0 Å². The number of piperidine rings is 1. The third kappa shape index (κ3) is 5.20. The quantitative estimate of drug-likeness (QED) is 0.594. The van der Waals surface area contributed by atoms with Crippen LogP contribution in [0.1, 0.15) is 54.5 Å². The lowest BCUT2D eigenvalue weighted by Crippen LogP contribution is -2.43. The summed E-state index contributed by atoms with van der Waals surface area (Å²) in [7, 11) is 0. The minimum absolute atomic E-state index is 0.113. The van der Waals surface area contributed by atoms with Crippen molar-refractivity contribution in [3.05, 3.63) is 70.5 Å². The number of hydrazone groups is 1. The molecule has 0 spiro atoms. The Balaban J connectivity index is 1.53. The largest absolute Gasteiger partial charge is 0.466 e. The van der Waals surface area contributed by atoms with E-state index in [4.69, 9.17) is 9.84 Å². The van der Waals surface area contributed by atoms with Gasteiger partial charge in [0.2, 0.25) is 0 Å². The van der Waals surface area contributed by atoms with Crippen LogP contribution in [-0.4, -0.2) is 53.7 Å². The van der Waals surface area contributed by atoms with Gasteiger partial charge in [-0.3, -0.25) is 14.5 Å². The number of halogens is 1. The number of likely N-dealkylation sites (tertiary alicyclic amines) is 1. The summed E-state index contributed by atoms with van der Waals surface area (Å²) in [6.45, 7) is 7.72. The van der Waals surface area contributed by atoms with Crippen molar-refractivity contribution in [3.63, 3.8) is 0 Å². The lowest BCUT2D eigenvalue weighted by atomic mass is 9.95. The molecule has 0 bridgehead atoms. The van der Waals surface area contributed by atoms with Gasteiger partial charge in [0.1, 0.15) is 5.82 Å². The first-order valence-electron chi connectivity index (χ1n) is 12.0. The number of rotatable bonds is 6. The second kappa shape index (κ2) is 10.5. The Kier molecular flexibility index (Phi) is 7.41. The van der Waals surface area contributed by atoms with Crippen molar-refractivity contribution in [3.8, 4) is 0 Å². The number of carbonyl (C=O) groups is 2. The van der Waals surface area contributed by atoms with Gasteiger partial charge in [-0.15, -0.1) is 0 Å². The van der Waals surface area contributed by atoms with Crippen molar-refractivity contribution in [1.29, 1.82) is 0 Å². The molecule has 2 heterocycles. The molecule has 0 aromatic heterocycles. The first-order valence-corrected chi connectivity index (χ1v) is 12.0. The molecule has 7 heteroatoms. The van der Waals surface area contributed by atoms with Crippen molar-refractivity contribution < 1.29 is 18.7 Å². The van der Waals surface area contributed by atoms with Crippen LogP contribution in [0.3, 0.4) is 0 Å². The number of benzene rings is 2. The molecule has 1 fully saturated rings. The predicted octanol–water partition coefficient (Wildman–Crippen LogP) is 4.40. The zero-order valence-electron chi connectivity index (χ0n) is 20.1. The Hall–Kier alpha value is -3.06.